The first kappa shape index (κ1) is 26.4. The number of hydrogen-bond acceptors (Lipinski definition) is 11. The molecule has 18 heteroatoms. The fourth-order valence-corrected chi connectivity index (χ4v) is 8.67. The van der Waals surface area contributed by atoms with E-state index in [4.69, 9.17) is 26.1 Å². The molecule has 36 heavy (non-hydrogen) atoms. The van der Waals surface area contributed by atoms with Crippen molar-refractivity contribution in [3.8, 4) is 0 Å². The summed E-state index contributed by atoms with van der Waals surface area (Å²) >= 11 is 6.20. The van der Waals surface area contributed by atoms with Gasteiger partial charge in [0.15, 0.2) is 23.2 Å². The highest BCUT2D eigenvalue weighted by atomic mass is 35.5. The molecule has 2 aromatic heterocycles. The quantitative estimate of drug-likeness (QED) is 0.172. The van der Waals surface area contributed by atoms with Crippen molar-refractivity contribution in [3.63, 3.8) is 0 Å². The van der Waals surface area contributed by atoms with Gasteiger partial charge < -0.3 is 34.9 Å². The van der Waals surface area contributed by atoms with Crippen LogP contribution in [0.3, 0.4) is 0 Å². The molecule has 15 nitrogen and oxygen atoms in total. The number of aliphatic hydroxyl groups is 2. The number of aromatic nitrogens is 4. The number of ether oxygens (including phenoxy) is 1. The van der Waals surface area contributed by atoms with Crippen molar-refractivity contribution in [1.29, 1.82) is 0 Å². The first-order valence-electron chi connectivity index (χ1n) is 11.4. The first-order valence-corrected chi connectivity index (χ1v) is 15.6. The maximum atomic E-state index is 12.1. The maximum absolute atomic E-state index is 12.1. The van der Waals surface area contributed by atoms with Gasteiger partial charge in [-0.25, -0.2) is 4.98 Å². The minimum Gasteiger partial charge on any atom is -0.388 e. The van der Waals surface area contributed by atoms with Gasteiger partial charge in [0.05, 0.1) is 18.6 Å². The van der Waals surface area contributed by atoms with Gasteiger partial charge in [-0.2, -0.15) is 9.97 Å². The van der Waals surface area contributed by atoms with Crippen LogP contribution in [0.15, 0.2) is 6.33 Å². The zero-order valence-corrected chi connectivity index (χ0v) is 21.6. The fourth-order valence-electron chi connectivity index (χ4n) is 4.97. The third kappa shape index (κ3) is 5.47. The van der Waals surface area contributed by atoms with Gasteiger partial charge in [0.2, 0.25) is 12.7 Å². The Morgan fingerprint density at radius 3 is 2.47 bits per heavy atom. The van der Waals surface area contributed by atoms with Gasteiger partial charge in [0.1, 0.15) is 18.1 Å². The Morgan fingerprint density at radius 2 is 1.83 bits per heavy atom. The van der Waals surface area contributed by atoms with Gasteiger partial charge in [-0.15, -0.1) is 0 Å². The molecule has 4 aliphatic rings. The number of hydrogen-bond donors (Lipinski definition) is 6. The average molecular weight is 568 g/mol. The number of halogens is 1. The molecule has 2 aromatic rings. The summed E-state index contributed by atoms with van der Waals surface area (Å²) in [5.74, 6) is -0.742. The lowest BCUT2D eigenvalue weighted by molar-refractivity contribution is -0.0354. The van der Waals surface area contributed by atoms with E-state index in [9.17, 15) is 24.2 Å². The van der Waals surface area contributed by atoms with Crippen LogP contribution in [0, 0.1) is 0 Å². The van der Waals surface area contributed by atoms with Crippen LogP contribution in [0.25, 0.3) is 11.2 Å². The van der Waals surface area contributed by atoms with Crippen molar-refractivity contribution >= 4 is 43.5 Å². The van der Waals surface area contributed by atoms with Crippen molar-refractivity contribution in [2.45, 2.75) is 37.1 Å². The number of rotatable bonds is 8. The Hall–Kier alpha value is -1.22. The van der Waals surface area contributed by atoms with Crippen LogP contribution in [0.1, 0.15) is 12.6 Å². The van der Waals surface area contributed by atoms with E-state index in [1.807, 2.05) is 0 Å². The zero-order valence-electron chi connectivity index (χ0n) is 19.0. The van der Waals surface area contributed by atoms with E-state index in [0.717, 1.165) is 32.7 Å². The Labute approximate surface area is 210 Å². The number of anilines is 1. The van der Waals surface area contributed by atoms with E-state index >= 15 is 0 Å². The number of fused-ring (bicyclic) bond motifs is 4. The van der Waals surface area contributed by atoms with Gasteiger partial charge in [0, 0.05) is 38.9 Å². The highest BCUT2D eigenvalue weighted by molar-refractivity contribution is 7.72. The molecule has 6 N–H and O–H groups in total. The Balaban J connectivity index is 1.34. The predicted molar refractivity (Wildman–Crippen MR) is 128 cm³/mol. The van der Waals surface area contributed by atoms with Gasteiger partial charge in [-0.05, 0) is 18.0 Å². The lowest BCUT2D eigenvalue weighted by atomic mass is 10.1. The highest BCUT2D eigenvalue weighted by Gasteiger charge is 2.45. The number of aliphatic hydroxyl groups excluding tert-OH is 2. The van der Waals surface area contributed by atoms with Crippen molar-refractivity contribution in [2.24, 2.45) is 0 Å². The standard InChI is InChI=1S/C18H28ClN7O8P2/c19-18-22-15(21-11-7-24-2-4-25(11)5-3-24)12-16(23-18)26(8-20-12)17-14(28)13(27)10(34-17)1-6-35(29,30)9-36(31,32)33/h8,10-11,13-14,17,27-28H,1-7,9H2,(H,29,30)(H,21,22,23)(H2,31,32,33)/t10-,11?,13+,14?,17-/m1/s1. The maximum Gasteiger partial charge on any atom is 0.335 e. The topological polar surface area (TPSA) is 207 Å². The van der Waals surface area contributed by atoms with Crippen molar-refractivity contribution < 1.29 is 38.8 Å². The molecule has 4 saturated heterocycles. The Kier molecular flexibility index (Phi) is 7.20. The van der Waals surface area contributed by atoms with Crippen LogP contribution in [0.4, 0.5) is 5.82 Å². The molecule has 0 spiro atoms. The minimum absolute atomic E-state index is 0.0219. The second kappa shape index (κ2) is 9.83. The van der Waals surface area contributed by atoms with E-state index in [1.165, 1.54) is 10.9 Å². The molecule has 0 amide bonds. The van der Waals surface area contributed by atoms with Crippen molar-refractivity contribution in [1.82, 2.24) is 29.3 Å². The van der Waals surface area contributed by atoms with E-state index < -0.39 is 51.6 Å². The molecule has 6 heterocycles. The summed E-state index contributed by atoms with van der Waals surface area (Å²) in [6.45, 7) is 4.71. The summed E-state index contributed by atoms with van der Waals surface area (Å²) in [4.78, 5) is 45.5. The molecule has 200 valence electrons. The number of nitrogens with zero attached hydrogens (tertiary/aromatic N) is 6. The van der Waals surface area contributed by atoms with E-state index in [-0.39, 0.29) is 23.5 Å². The molecular formula is C18H28ClN7O8P2. The molecule has 0 saturated carbocycles. The van der Waals surface area contributed by atoms with Gasteiger partial charge in [0.25, 0.3) is 0 Å². The summed E-state index contributed by atoms with van der Waals surface area (Å²) < 4.78 is 30.5. The minimum atomic E-state index is -4.70. The van der Waals surface area contributed by atoms with Crippen molar-refractivity contribution in [2.75, 3.05) is 50.1 Å². The van der Waals surface area contributed by atoms with Gasteiger partial charge in [-0.1, -0.05) is 0 Å². The monoisotopic (exact) mass is 567 g/mol. The Morgan fingerprint density at radius 1 is 1.11 bits per heavy atom. The second-order valence-electron chi connectivity index (χ2n) is 9.37. The predicted octanol–water partition coefficient (Wildman–Crippen LogP) is -0.736. The molecule has 6 atom stereocenters. The zero-order chi connectivity index (χ0) is 25.8. The third-order valence-electron chi connectivity index (χ3n) is 6.76. The number of piperazine rings is 3. The van der Waals surface area contributed by atoms with E-state index in [2.05, 4.69) is 30.1 Å². The van der Waals surface area contributed by atoms with Crippen LogP contribution >= 0.6 is 26.6 Å². The van der Waals surface area contributed by atoms with Gasteiger partial charge >= 0.3 is 7.60 Å². The summed E-state index contributed by atoms with van der Waals surface area (Å²) in [5, 5.41) is 24.5. The molecule has 3 unspecified atom stereocenters. The molecule has 6 rings (SSSR count). The third-order valence-corrected chi connectivity index (χ3v) is 11.1. The van der Waals surface area contributed by atoms with Crippen LogP contribution < -0.4 is 5.32 Å². The van der Waals surface area contributed by atoms with Crippen LogP contribution in [-0.2, 0) is 13.9 Å². The molecule has 0 aromatic carbocycles. The van der Waals surface area contributed by atoms with E-state index in [0.29, 0.717) is 11.3 Å². The molecular weight excluding hydrogens is 540 g/mol. The fraction of sp³-hybridized carbons (Fsp3) is 0.722. The molecule has 2 bridgehead atoms. The van der Waals surface area contributed by atoms with Crippen LogP contribution in [-0.4, -0.2) is 123 Å². The number of nitrogens with one attached hydrogen (secondary N) is 1. The van der Waals surface area contributed by atoms with Crippen molar-refractivity contribution in [3.05, 3.63) is 11.6 Å². The largest absolute Gasteiger partial charge is 0.388 e. The summed E-state index contributed by atoms with van der Waals surface area (Å²) in [6.07, 6.45) is -4.34. The molecule has 4 aliphatic heterocycles. The average Bonchev–Trinajstić information content (AvgIpc) is 3.33. The first-order chi connectivity index (χ1) is 16.9. The van der Waals surface area contributed by atoms with E-state index in [1.54, 1.807) is 0 Å². The van der Waals surface area contributed by atoms with Crippen LogP contribution in [0.2, 0.25) is 5.28 Å². The van der Waals surface area contributed by atoms with Crippen LogP contribution in [0.5, 0.6) is 0 Å². The lowest BCUT2D eigenvalue weighted by Crippen LogP contribution is -2.63. The molecule has 0 aliphatic carbocycles. The SMILES string of the molecule is O=P(O)(O)CP(=O)(O)CC[C@H]1O[C@@H](n2cnc3c(NC4CN5CCN4CC5)nc(Cl)nc32)C(O)[C@H]1O. The molecule has 0 radical (unpaired) electrons. The second-order valence-corrected chi connectivity index (χ2v) is 14.3. The molecule has 4 fully saturated rings. The summed E-state index contributed by atoms with van der Waals surface area (Å²) in [5.41, 5.74) is 0.660. The highest BCUT2D eigenvalue weighted by Crippen LogP contribution is 2.55. The summed E-state index contributed by atoms with van der Waals surface area (Å²) in [7, 11) is -8.87. The number of imidazole rings is 1. The Bertz CT molecular complexity index is 1220. The smallest absolute Gasteiger partial charge is 0.335 e. The van der Waals surface area contributed by atoms with Gasteiger partial charge in [-0.3, -0.25) is 23.5 Å². The lowest BCUT2D eigenvalue weighted by Gasteiger charge is -2.47. The normalized spacial score (nSPS) is 34.2. The summed E-state index contributed by atoms with van der Waals surface area (Å²) in [6, 6.07) is 0.